The molecular weight excluding hydrogens is 462 g/mol. The van der Waals surface area contributed by atoms with E-state index >= 15 is 0 Å². The number of nitrogens with zero attached hydrogens (tertiary/aromatic N) is 4. The van der Waals surface area contributed by atoms with E-state index in [1.807, 2.05) is 55.5 Å². The summed E-state index contributed by atoms with van der Waals surface area (Å²) in [5.41, 5.74) is 3.40. The van der Waals surface area contributed by atoms with E-state index in [2.05, 4.69) is 20.1 Å². The fraction of sp³-hybridized carbons (Fsp3) is 0.217. The van der Waals surface area contributed by atoms with Gasteiger partial charge < -0.3 is 14.3 Å². The van der Waals surface area contributed by atoms with Crippen molar-refractivity contribution in [3.8, 4) is 23.0 Å². The Bertz CT molecular complexity index is 1380. The summed E-state index contributed by atoms with van der Waals surface area (Å²) in [5, 5.41) is 8.79. The Morgan fingerprint density at radius 2 is 1.70 bits per heavy atom. The monoisotopic (exact) mass is 483 g/mol. The maximum atomic E-state index is 13.2. The van der Waals surface area contributed by atoms with E-state index in [1.165, 1.54) is 16.6 Å². The summed E-state index contributed by atoms with van der Waals surface area (Å²) < 4.78 is 33.7. The number of halogens is 1. The van der Waals surface area contributed by atoms with Crippen LogP contribution in [-0.4, -0.2) is 54.1 Å². The summed E-state index contributed by atoms with van der Waals surface area (Å²) in [6, 6.07) is 16.7. The van der Waals surface area contributed by atoms with Crippen molar-refractivity contribution in [2.45, 2.75) is 11.8 Å². The van der Waals surface area contributed by atoms with Gasteiger partial charge in [0.25, 0.3) is 5.89 Å². The largest absolute Gasteiger partial charge is 0.415 e. The van der Waals surface area contributed by atoms with Crippen LogP contribution >= 0.6 is 11.6 Å². The Hall–Kier alpha value is -3.14. The Morgan fingerprint density at radius 3 is 2.45 bits per heavy atom. The van der Waals surface area contributed by atoms with Gasteiger partial charge in [-0.25, -0.2) is 8.42 Å². The van der Waals surface area contributed by atoms with Gasteiger partial charge in [-0.1, -0.05) is 35.9 Å². The molecule has 8 nitrogen and oxygen atoms in total. The predicted octanol–water partition coefficient (Wildman–Crippen LogP) is 4.20. The molecule has 1 N–H and O–H groups in total. The highest BCUT2D eigenvalue weighted by Gasteiger charge is 2.30. The van der Waals surface area contributed by atoms with E-state index in [9.17, 15) is 8.42 Å². The molecule has 4 aromatic rings. The minimum atomic E-state index is -3.66. The number of aromatic amines is 1. The van der Waals surface area contributed by atoms with Crippen molar-refractivity contribution in [2.75, 3.05) is 31.1 Å². The highest BCUT2D eigenvalue weighted by molar-refractivity contribution is 7.89. The number of sulfonamides is 1. The molecule has 1 aliphatic rings. The van der Waals surface area contributed by atoms with Crippen LogP contribution in [0.3, 0.4) is 0 Å². The van der Waals surface area contributed by atoms with Gasteiger partial charge in [-0.05, 0) is 42.8 Å². The van der Waals surface area contributed by atoms with Crippen molar-refractivity contribution in [3.63, 3.8) is 0 Å². The number of hydrogen-bond acceptors (Lipinski definition) is 6. The number of benzene rings is 2. The lowest BCUT2D eigenvalue weighted by Gasteiger charge is -2.36. The number of anilines is 1. The molecule has 0 radical (unpaired) electrons. The van der Waals surface area contributed by atoms with E-state index in [4.69, 9.17) is 16.0 Å². The third-order valence-electron chi connectivity index (χ3n) is 5.72. The minimum Gasteiger partial charge on any atom is -0.415 e. The Labute approximate surface area is 196 Å². The first-order valence-electron chi connectivity index (χ1n) is 10.5. The van der Waals surface area contributed by atoms with Crippen molar-refractivity contribution >= 4 is 27.3 Å². The van der Waals surface area contributed by atoms with Gasteiger partial charge in [0.15, 0.2) is 0 Å². The lowest BCUT2D eigenvalue weighted by molar-refractivity contribution is 0.385. The van der Waals surface area contributed by atoms with Crippen molar-refractivity contribution in [3.05, 3.63) is 71.4 Å². The molecule has 1 saturated heterocycles. The second kappa shape index (κ2) is 8.66. The highest BCUT2D eigenvalue weighted by Crippen LogP contribution is 2.29. The molecule has 1 aliphatic heterocycles. The van der Waals surface area contributed by atoms with E-state index in [-0.39, 0.29) is 10.8 Å². The number of H-pyrrole nitrogens is 1. The molecule has 2 aromatic carbocycles. The van der Waals surface area contributed by atoms with E-state index in [1.54, 1.807) is 0 Å². The summed E-state index contributed by atoms with van der Waals surface area (Å²) in [6.45, 7) is 3.96. The zero-order valence-electron chi connectivity index (χ0n) is 17.9. The van der Waals surface area contributed by atoms with E-state index in [0.29, 0.717) is 42.8 Å². The lowest BCUT2D eigenvalue weighted by atomic mass is 10.1. The zero-order valence-corrected chi connectivity index (χ0v) is 19.5. The Kier molecular flexibility index (Phi) is 5.69. The van der Waals surface area contributed by atoms with Gasteiger partial charge in [-0.2, -0.15) is 4.31 Å². The molecule has 0 saturated carbocycles. The average Bonchev–Trinajstić information content (AvgIpc) is 3.52. The zero-order chi connectivity index (χ0) is 23.0. The number of hydrogen-bond donors (Lipinski definition) is 1. The number of nitrogens with one attached hydrogen (secondary N) is 1. The van der Waals surface area contributed by atoms with Gasteiger partial charge in [-0.3, -0.25) is 0 Å². The number of rotatable bonds is 5. The van der Waals surface area contributed by atoms with Crippen molar-refractivity contribution in [2.24, 2.45) is 0 Å². The summed E-state index contributed by atoms with van der Waals surface area (Å²) in [5.74, 6) is 0.605. The predicted molar refractivity (Wildman–Crippen MR) is 127 cm³/mol. The summed E-state index contributed by atoms with van der Waals surface area (Å²) in [4.78, 5) is 5.29. The molecule has 0 amide bonds. The van der Waals surface area contributed by atoms with Crippen LogP contribution < -0.4 is 4.90 Å². The fourth-order valence-corrected chi connectivity index (χ4v) is 5.50. The minimum absolute atomic E-state index is 0.171. The molecule has 33 heavy (non-hydrogen) atoms. The number of aromatic nitrogens is 3. The van der Waals surface area contributed by atoms with Gasteiger partial charge in [0.2, 0.25) is 15.9 Å². The second-order valence-corrected chi connectivity index (χ2v) is 10.2. The Morgan fingerprint density at radius 1 is 0.970 bits per heavy atom. The first-order valence-corrected chi connectivity index (χ1v) is 12.3. The molecule has 10 heteroatoms. The molecule has 170 valence electrons. The van der Waals surface area contributed by atoms with Gasteiger partial charge in [0.1, 0.15) is 10.6 Å². The first kappa shape index (κ1) is 21.7. The van der Waals surface area contributed by atoms with Gasteiger partial charge in [0, 0.05) is 48.6 Å². The molecule has 0 aliphatic carbocycles. The van der Waals surface area contributed by atoms with E-state index in [0.717, 1.165) is 16.8 Å². The SMILES string of the molecule is Cc1ccc(Cl)cc1N1CCN(S(=O)(=O)c2c[nH]c(-c3nnc(-c4ccccc4)o3)c2)CC1. The van der Waals surface area contributed by atoms with Gasteiger partial charge in [-0.15, -0.1) is 10.2 Å². The quantitative estimate of drug-likeness (QED) is 0.457. The summed E-state index contributed by atoms with van der Waals surface area (Å²) in [7, 11) is -3.66. The highest BCUT2D eigenvalue weighted by atomic mass is 35.5. The van der Waals surface area contributed by atoms with E-state index < -0.39 is 10.0 Å². The maximum absolute atomic E-state index is 13.2. The van der Waals surface area contributed by atoms with Crippen molar-refractivity contribution in [1.29, 1.82) is 0 Å². The van der Waals surface area contributed by atoms with Gasteiger partial charge in [0.05, 0.1) is 0 Å². The molecule has 2 aromatic heterocycles. The molecule has 0 bridgehead atoms. The van der Waals surface area contributed by atoms with Crippen molar-refractivity contribution in [1.82, 2.24) is 19.5 Å². The van der Waals surface area contributed by atoms with Crippen LogP contribution in [0, 0.1) is 6.92 Å². The average molecular weight is 484 g/mol. The molecule has 0 atom stereocenters. The van der Waals surface area contributed by atoms with Crippen molar-refractivity contribution < 1.29 is 12.8 Å². The first-order chi connectivity index (χ1) is 15.9. The third-order valence-corrected chi connectivity index (χ3v) is 7.83. The summed E-state index contributed by atoms with van der Waals surface area (Å²) in [6.07, 6.45) is 1.46. The fourth-order valence-electron chi connectivity index (χ4n) is 3.92. The van der Waals surface area contributed by atoms with Crippen LogP contribution in [0.2, 0.25) is 5.02 Å². The third kappa shape index (κ3) is 4.27. The van der Waals surface area contributed by atoms with Crippen LogP contribution in [0.1, 0.15) is 5.56 Å². The molecule has 3 heterocycles. The number of aryl methyl sites for hydroxylation is 1. The molecule has 0 spiro atoms. The topological polar surface area (TPSA) is 95.3 Å². The normalized spacial score (nSPS) is 15.2. The standard InChI is InChI=1S/C23H22ClN5O3S/c1-16-7-8-18(24)13-21(16)28-9-11-29(12-10-28)33(30,31)19-14-20(25-15-19)23-27-26-22(32-23)17-5-3-2-4-6-17/h2-8,13-15,25H,9-12H2,1H3. The summed E-state index contributed by atoms with van der Waals surface area (Å²) >= 11 is 6.15. The van der Waals surface area contributed by atoms with Gasteiger partial charge >= 0.3 is 0 Å². The Balaban J connectivity index is 1.31. The van der Waals surface area contributed by atoms with Crippen LogP contribution in [0.15, 0.2) is 70.1 Å². The molecule has 0 unspecified atom stereocenters. The lowest BCUT2D eigenvalue weighted by Crippen LogP contribution is -2.48. The number of piperazine rings is 1. The van der Waals surface area contributed by atoms with Crippen LogP contribution in [0.4, 0.5) is 5.69 Å². The molecule has 5 rings (SSSR count). The smallest absolute Gasteiger partial charge is 0.264 e. The molecule has 1 fully saturated rings. The second-order valence-electron chi connectivity index (χ2n) is 7.85. The van der Waals surface area contributed by atoms with Crippen LogP contribution in [0.5, 0.6) is 0 Å². The molecular formula is C23H22ClN5O3S. The van der Waals surface area contributed by atoms with Crippen LogP contribution in [-0.2, 0) is 10.0 Å². The van der Waals surface area contributed by atoms with Crippen LogP contribution in [0.25, 0.3) is 23.0 Å². The maximum Gasteiger partial charge on any atom is 0.264 e.